The Morgan fingerprint density at radius 2 is 2.10 bits per heavy atom. The van der Waals surface area contributed by atoms with E-state index in [1.165, 1.54) is 10.7 Å². The summed E-state index contributed by atoms with van der Waals surface area (Å²) < 4.78 is 27.0. The second-order valence-electron chi connectivity index (χ2n) is 5.92. The Kier molecular flexibility index (Phi) is 5.30. The van der Waals surface area contributed by atoms with Gasteiger partial charge in [0.25, 0.3) is 0 Å². The first kappa shape index (κ1) is 16.7. The molecule has 2 atom stereocenters. The fraction of sp³-hybridized carbons (Fsp3) is 0.600. The Hall–Kier alpha value is -0.620. The summed E-state index contributed by atoms with van der Waals surface area (Å²) in [6.45, 7) is 2.52. The lowest BCUT2D eigenvalue weighted by Crippen LogP contribution is -2.39. The lowest BCUT2D eigenvalue weighted by Gasteiger charge is -2.33. The molecule has 2 N–H and O–H groups in total. The number of hydrogen-bond donors (Lipinski definition) is 1. The molecule has 6 heteroatoms. The Bertz CT molecular complexity index is 604. The molecule has 1 aliphatic carbocycles. The largest absolute Gasteiger partial charge is 0.326 e. The van der Waals surface area contributed by atoms with Gasteiger partial charge >= 0.3 is 0 Å². The number of rotatable bonds is 4. The molecule has 2 unspecified atom stereocenters. The molecule has 2 rings (SSSR count). The minimum absolute atomic E-state index is 0.0593. The van der Waals surface area contributed by atoms with E-state index in [0.29, 0.717) is 12.5 Å². The van der Waals surface area contributed by atoms with Crippen molar-refractivity contribution in [2.24, 2.45) is 11.7 Å². The maximum absolute atomic E-state index is 12.8. The van der Waals surface area contributed by atoms with Gasteiger partial charge in [-0.05, 0) is 36.5 Å². The molecule has 0 heterocycles. The van der Waals surface area contributed by atoms with Crippen LogP contribution < -0.4 is 5.73 Å². The molecular formula is C15H23ClN2O2S. The van der Waals surface area contributed by atoms with Gasteiger partial charge in [0.05, 0.1) is 5.02 Å². The molecule has 118 valence electrons. The summed E-state index contributed by atoms with van der Waals surface area (Å²) in [5.41, 5.74) is 6.38. The number of halogens is 1. The van der Waals surface area contributed by atoms with E-state index in [2.05, 4.69) is 6.92 Å². The summed E-state index contributed by atoms with van der Waals surface area (Å²) >= 11 is 6.14. The average Bonchev–Trinajstić information content (AvgIpc) is 2.45. The molecule has 0 radical (unpaired) electrons. The van der Waals surface area contributed by atoms with Crippen molar-refractivity contribution in [1.29, 1.82) is 0 Å². The van der Waals surface area contributed by atoms with Gasteiger partial charge in [-0.25, -0.2) is 8.42 Å². The average molecular weight is 331 g/mol. The first-order valence-corrected chi connectivity index (χ1v) is 9.14. The summed E-state index contributed by atoms with van der Waals surface area (Å²) in [5, 5.41) is 0.244. The topological polar surface area (TPSA) is 63.4 Å². The molecule has 0 saturated heterocycles. The number of hydrogen-bond acceptors (Lipinski definition) is 3. The zero-order valence-electron chi connectivity index (χ0n) is 12.5. The van der Waals surface area contributed by atoms with Crippen molar-refractivity contribution in [3.8, 4) is 0 Å². The normalized spacial score (nSPS) is 23.5. The van der Waals surface area contributed by atoms with E-state index in [0.717, 1.165) is 24.8 Å². The maximum atomic E-state index is 12.8. The van der Waals surface area contributed by atoms with Crippen LogP contribution in [0.15, 0.2) is 23.1 Å². The Labute approximate surface area is 132 Å². The van der Waals surface area contributed by atoms with Crippen molar-refractivity contribution in [3.05, 3.63) is 28.8 Å². The molecule has 4 nitrogen and oxygen atoms in total. The fourth-order valence-electron chi connectivity index (χ4n) is 2.96. The van der Waals surface area contributed by atoms with Crippen molar-refractivity contribution in [3.63, 3.8) is 0 Å². The van der Waals surface area contributed by atoms with Crippen LogP contribution in [0.3, 0.4) is 0 Å². The second-order valence-corrected chi connectivity index (χ2v) is 8.29. The van der Waals surface area contributed by atoms with Crippen LogP contribution in [0.25, 0.3) is 0 Å². The third-order valence-electron chi connectivity index (χ3n) is 4.31. The summed E-state index contributed by atoms with van der Waals surface area (Å²) in [6, 6.07) is 4.97. The summed E-state index contributed by atoms with van der Waals surface area (Å²) in [7, 11) is -1.90. The molecule has 21 heavy (non-hydrogen) atoms. The molecule has 0 amide bonds. The third-order valence-corrected chi connectivity index (χ3v) is 6.70. The van der Waals surface area contributed by atoms with Crippen molar-refractivity contribution >= 4 is 21.6 Å². The van der Waals surface area contributed by atoms with Crippen LogP contribution >= 0.6 is 11.6 Å². The van der Waals surface area contributed by atoms with Crippen LogP contribution in [0.5, 0.6) is 0 Å². The van der Waals surface area contributed by atoms with Crippen molar-refractivity contribution in [2.75, 3.05) is 7.05 Å². The highest BCUT2D eigenvalue weighted by molar-refractivity contribution is 7.89. The van der Waals surface area contributed by atoms with Gasteiger partial charge in [-0.15, -0.1) is 0 Å². The number of benzene rings is 1. The molecule has 1 aromatic rings. The van der Waals surface area contributed by atoms with E-state index >= 15 is 0 Å². The van der Waals surface area contributed by atoms with Gasteiger partial charge in [0.2, 0.25) is 10.0 Å². The Balaban J connectivity index is 2.28. The van der Waals surface area contributed by atoms with E-state index in [-0.39, 0.29) is 16.0 Å². The van der Waals surface area contributed by atoms with E-state index < -0.39 is 10.0 Å². The highest BCUT2D eigenvalue weighted by Gasteiger charge is 2.32. The molecule has 1 aromatic carbocycles. The summed E-state index contributed by atoms with van der Waals surface area (Å²) in [6.07, 6.45) is 4.08. The summed E-state index contributed by atoms with van der Waals surface area (Å²) in [4.78, 5) is 0.169. The van der Waals surface area contributed by atoms with Crippen LogP contribution in [-0.2, 0) is 16.6 Å². The van der Waals surface area contributed by atoms with Gasteiger partial charge in [0, 0.05) is 19.6 Å². The lowest BCUT2D eigenvalue weighted by molar-refractivity contribution is 0.239. The fourth-order valence-corrected chi connectivity index (χ4v) is 4.90. The highest BCUT2D eigenvalue weighted by atomic mass is 35.5. The molecule has 1 aliphatic rings. The van der Waals surface area contributed by atoms with Gasteiger partial charge < -0.3 is 5.73 Å². The first-order chi connectivity index (χ1) is 9.86. The highest BCUT2D eigenvalue weighted by Crippen LogP contribution is 2.32. The zero-order chi connectivity index (χ0) is 15.6. The minimum atomic E-state index is -3.56. The van der Waals surface area contributed by atoms with Gasteiger partial charge in [-0.2, -0.15) is 4.31 Å². The van der Waals surface area contributed by atoms with Gasteiger partial charge in [0.15, 0.2) is 0 Å². The van der Waals surface area contributed by atoms with E-state index in [1.54, 1.807) is 25.2 Å². The van der Waals surface area contributed by atoms with Crippen molar-refractivity contribution < 1.29 is 8.42 Å². The quantitative estimate of drug-likeness (QED) is 0.923. The molecule has 0 bridgehead atoms. The SMILES string of the molecule is CC1CCCC(N(C)S(=O)(=O)c2ccc(CN)cc2Cl)C1. The van der Waals surface area contributed by atoms with E-state index in [4.69, 9.17) is 17.3 Å². The minimum Gasteiger partial charge on any atom is -0.326 e. The Morgan fingerprint density at radius 3 is 2.67 bits per heavy atom. The lowest BCUT2D eigenvalue weighted by atomic mass is 9.87. The van der Waals surface area contributed by atoms with Crippen molar-refractivity contribution in [2.45, 2.75) is 50.1 Å². The number of nitrogens with zero attached hydrogens (tertiary/aromatic N) is 1. The van der Waals surface area contributed by atoms with E-state index in [1.807, 2.05) is 0 Å². The molecule has 0 aromatic heterocycles. The van der Waals surface area contributed by atoms with E-state index in [9.17, 15) is 8.42 Å². The smallest absolute Gasteiger partial charge is 0.244 e. The standard InChI is InChI=1S/C15H23ClN2O2S/c1-11-4-3-5-13(8-11)18(2)21(19,20)15-7-6-12(10-17)9-14(15)16/h6-7,9,11,13H,3-5,8,10,17H2,1-2H3. The van der Waals surface area contributed by atoms with Crippen LogP contribution in [0.4, 0.5) is 0 Å². The van der Waals surface area contributed by atoms with Gasteiger partial charge in [-0.3, -0.25) is 0 Å². The maximum Gasteiger partial charge on any atom is 0.244 e. The molecule has 0 spiro atoms. The van der Waals surface area contributed by atoms with Crippen LogP contribution in [0.1, 0.15) is 38.2 Å². The first-order valence-electron chi connectivity index (χ1n) is 7.32. The van der Waals surface area contributed by atoms with Crippen molar-refractivity contribution in [1.82, 2.24) is 4.31 Å². The summed E-state index contributed by atoms with van der Waals surface area (Å²) in [5.74, 6) is 0.566. The zero-order valence-corrected chi connectivity index (χ0v) is 14.1. The molecule has 0 aliphatic heterocycles. The van der Waals surface area contributed by atoms with Crippen LogP contribution in [0, 0.1) is 5.92 Å². The van der Waals surface area contributed by atoms with Crippen LogP contribution in [-0.4, -0.2) is 25.8 Å². The molecule has 1 saturated carbocycles. The third kappa shape index (κ3) is 3.59. The predicted molar refractivity (Wildman–Crippen MR) is 85.7 cm³/mol. The molecule has 1 fully saturated rings. The van der Waals surface area contributed by atoms with Gasteiger partial charge in [0.1, 0.15) is 4.90 Å². The Morgan fingerprint density at radius 1 is 1.38 bits per heavy atom. The second kappa shape index (κ2) is 6.65. The monoisotopic (exact) mass is 330 g/mol. The number of sulfonamides is 1. The number of nitrogens with two attached hydrogens (primary N) is 1. The molecular weight excluding hydrogens is 308 g/mol. The van der Waals surface area contributed by atoms with Gasteiger partial charge in [-0.1, -0.05) is 37.4 Å². The predicted octanol–water partition coefficient (Wildman–Crippen LogP) is 3.00. The van der Waals surface area contributed by atoms with Crippen LogP contribution in [0.2, 0.25) is 5.02 Å².